The zero-order valence-electron chi connectivity index (χ0n) is 10.5. The number of halogens is 3. The van der Waals surface area contributed by atoms with Gasteiger partial charge in [-0.1, -0.05) is 12.1 Å². The van der Waals surface area contributed by atoms with Crippen LogP contribution in [0.2, 0.25) is 0 Å². The van der Waals surface area contributed by atoms with E-state index in [0.717, 1.165) is 31.4 Å². The van der Waals surface area contributed by atoms with E-state index in [-0.39, 0.29) is 23.3 Å². The van der Waals surface area contributed by atoms with Crippen molar-refractivity contribution in [3.8, 4) is 0 Å². The van der Waals surface area contributed by atoms with Crippen molar-refractivity contribution in [3.63, 3.8) is 0 Å². The molecule has 0 aliphatic rings. The van der Waals surface area contributed by atoms with Crippen molar-refractivity contribution >= 4 is 11.8 Å². The average Bonchev–Trinajstić information content (AvgIpc) is 2.34. The summed E-state index contributed by atoms with van der Waals surface area (Å²) >= 11 is -0.0972. The monoisotopic (exact) mass is 293 g/mol. The van der Waals surface area contributed by atoms with Gasteiger partial charge in [0.15, 0.2) is 0 Å². The molecule has 2 nitrogen and oxygen atoms in total. The van der Waals surface area contributed by atoms with Crippen LogP contribution in [0.15, 0.2) is 29.2 Å². The molecule has 6 heteroatoms. The Hall–Kier alpha value is -0.720. The summed E-state index contributed by atoms with van der Waals surface area (Å²) in [6.07, 6.45) is 2.78. The van der Waals surface area contributed by atoms with Crippen LogP contribution in [-0.4, -0.2) is 23.8 Å². The molecule has 0 saturated carbocycles. The molecule has 0 aliphatic heterocycles. The Morgan fingerprint density at radius 2 is 1.74 bits per heavy atom. The number of benzene rings is 1. The highest BCUT2D eigenvalue weighted by atomic mass is 32.2. The second-order valence-electron chi connectivity index (χ2n) is 4.15. The molecule has 0 fully saturated rings. The largest absolute Gasteiger partial charge is 0.446 e. The second kappa shape index (κ2) is 8.45. The number of nitrogens with one attached hydrogen (secondary N) is 1. The smallest absolute Gasteiger partial charge is 0.396 e. The summed E-state index contributed by atoms with van der Waals surface area (Å²) in [5, 5.41) is 11.8. The third kappa shape index (κ3) is 8.13. The minimum Gasteiger partial charge on any atom is -0.396 e. The fourth-order valence-electron chi connectivity index (χ4n) is 1.58. The maximum atomic E-state index is 12.1. The average molecular weight is 293 g/mol. The molecule has 1 aromatic rings. The van der Waals surface area contributed by atoms with Crippen LogP contribution in [0.4, 0.5) is 13.2 Å². The summed E-state index contributed by atoms with van der Waals surface area (Å²) in [6, 6.07) is 6.38. The highest BCUT2D eigenvalue weighted by Crippen LogP contribution is 2.36. The molecule has 0 amide bonds. The lowest BCUT2D eigenvalue weighted by Crippen LogP contribution is -2.14. The van der Waals surface area contributed by atoms with Crippen molar-refractivity contribution in [2.45, 2.75) is 36.2 Å². The van der Waals surface area contributed by atoms with Gasteiger partial charge in [0.2, 0.25) is 0 Å². The number of hydrogen-bond donors (Lipinski definition) is 2. The lowest BCUT2D eigenvalue weighted by atomic mass is 10.2. The molecule has 0 bridgehead atoms. The van der Waals surface area contributed by atoms with Gasteiger partial charge in [0.1, 0.15) is 0 Å². The standard InChI is InChI=1S/C13H18F3NOS/c14-13(15,16)19-12-6-4-11(5-7-12)10-17-8-2-1-3-9-18/h4-7,17-18H,1-3,8-10H2. The molecule has 0 atom stereocenters. The van der Waals surface area contributed by atoms with Crippen molar-refractivity contribution in [3.05, 3.63) is 29.8 Å². The number of aliphatic hydroxyl groups excluding tert-OH is 1. The first-order valence-corrected chi connectivity index (χ1v) is 6.99. The maximum Gasteiger partial charge on any atom is 0.446 e. The molecule has 0 radical (unpaired) electrons. The van der Waals surface area contributed by atoms with Crippen LogP contribution >= 0.6 is 11.8 Å². The summed E-state index contributed by atoms with van der Waals surface area (Å²) in [4.78, 5) is 0.208. The number of aliphatic hydroxyl groups is 1. The lowest BCUT2D eigenvalue weighted by Gasteiger charge is -2.07. The van der Waals surface area contributed by atoms with E-state index in [1.165, 1.54) is 12.1 Å². The minimum absolute atomic E-state index is 0.0972. The van der Waals surface area contributed by atoms with Crippen LogP contribution in [0.3, 0.4) is 0 Å². The molecule has 0 aliphatic carbocycles. The number of thioether (sulfide) groups is 1. The SMILES string of the molecule is OCCCCCNCc1ccc(SC(F)(F)F)cc1. The Morgan fingerprint density at radius 1 is 1.05 bits per heavy atom. The Kier molecular flexibility index (Phi) is 7.27. The Labute approximate surface area is 115 Å². The van der Waals surface area contributed by atoms with Crippen molar-refractivity contribution < 1.29 is 18.3 Å². The summed E-state index contributed by atoms with van der Waals surface area (Å²) in [7, 11) is 0. The zero-order chi connectivity index (χ0) is 14.1. The predicted octanol–water partition coefficient (Wildman–Crippen LogP) is 3.55. The van der Waals surface area contributed by atoms with Crippen molar-refractivity contribution in [2.24, 2.45) is 0 Å². The summed E-state index contributed by atoms with van der Waals surface area (Å²) in [5.74, 6) is 0. The molecular formula is C13H18F3NOS. The Balaban J connectivity index is 2.25. The molecule has 0 aromatic heterocycles. The van der Waals surface area contributed by atoms with Gasteiger partial charge in [-0.3, -0.25) is 0 Å². The number of rotatable bonds is 8. The van der Waals surface area contributed by atoms with Gasteiger partial charge in [-0.05, 0) is 55.3 Å². The first-order valence-electron chi connectivity index (χ1n) is 6.17. The minimum atomic E-state index is -4.23. The van der Waals surface area contributed by atoms with E-state index in [9.17, 15) is 13.2 Å². The molecule has 1 aromatic carbocycles. The molecule has 0 spiro atoms. The van der Waals surface area contributed by atoms with Crippen LogP contribution in [0.5, 0.6) is 0 Å². The van der Waals surface area contributed by atoms with E-state index in [2.05, 4.69) is 5.32 Å². The van der Waals surface area contributed by atoms with Gasteiger partial charge in [-0.2, -0.15) is 13.2 Å². The first-order chi connectivity index (χ1) is 9.01. The third-order valence-corrected chi connectivity index (χ3v) is 3.24. The van der Waals surface area contributed by atoms with Crippen LogP contribution in [-0.2, 0) is 6.54 Å². The topological polar surface area (TPSA) is 32.3 Å². The normalized spacial score (nSPS) is 11.8. The maximum absolute atomic E-state index is 12.1. The molecule has 0 heterocycles. The van der Waals surface area contributed by atoms with E-state index in [4.69, 9.17) is 5.11 Å². The van der Waals surface area contributed by atoms with E-state index >= 15 is 0 Å². The third-order valence-electron chi connectivity index (χ3n) is 2.50. The van der Waals surface area contributed by atoms with Crippen LogP contribution in [0.1, 0.15) is 24.8 Å². The van der Waals surface area contributed by atoms with E-state index in [1.54, 1.807) is 12.1 Å². The first kappa shape index (κ1) is 16.3. The van der Waals surface area contributed by atoms with Crippen molar-refractivity contribution in [1.82, 2.24) is 5.32 Å². The number of hydrogen-bond acceptors (Lipinski definition) is 3. The van der Waals surface area contributed by atoms with Gasteiger partial charge in [0.05, 0.1) is 0 Å². The Bertz CT molecular complexity index is 354. The highest BCUT2D eigenvalue weighted by Gasteiger charge is 2.28. The van der Waals surface area contributed by atoms with Crippen LogP contribution in [0, 0.1) is 0 Å². The van der Waals surface area contributed by atoms with Gasteiger partial charge in [-0.15, -0.1) is 0 Å². The number of unbranched alkanes of at least 4 members (excludes halogenated alkanes) is 2. The fraction of sp³-hybridized carbons (Fsp3) is 0.538. The van der Waals surface area contributed by atoms with Gasteiger partial charge in [0, 0.05) is 18.0 Å². The van der Waals surface area contributed by atoms with E-state index < -0.39 is 5.51 Å². The van der Waals surface area contributed by atoms with Crippen LogP contribution in [0.25, 0.3) is 0 Å². The van der Waals surface area contributed by atoms with E-state index in [1.807, 2.05) is 0 Å². The van der Waals surface area contributed by atoms with Crippen molar-refractivity contribution in [1.29, 1.82) is 0 Å². The van der Waals surface area contributed by atoms with Gasteiger partial charge < -0.3 is 10.4 Å². The predicted molar refractivity (Wildman–Crippen MR) is 71.0 cm³/mol. The molecule has 108 valence electrons. The molecule has 0 saturated heterocycles. The van der Waals surface area contributed by atoms with Gasteiger partial charge in [0.25, 0.3) is 0 Å². The van der Waals surface area contributed by atoms with Gasteiger partial charge >= 0.3 is 5.51 Å². The quantitative estimate of drug-likeness (QED) is 0.568. The molecule has 2 N–H and O–H groups in total. The molecule has 1 rings (SSSR count). The summed E-state index contributed by atoms with van der Waals surface area (Å²) in [5.41, 5.74) is -3.26. The summed E-state index contributed by atoms with van der Waals surface area (Å²) in [6.45, 7) is 1.72. The Morgan fingerprint density at radius 3 is 2.32 bits per heavy atom. The van der Waals surface area contributed by atoms with Crippen LogP contribution < -0.4 is 5.32 Å². The van der Waals surface area contributed by atoms with E-state index in [0.29, 0.717) is 6.54 Å². The second-order valence-corrected chi connectivity index (χ2v) is 5.29. The molecule has 19 heavy (non-hydrogen) atoms. The lowest BCUT2D eigenvalue weighted by molar-refractivity contribution is -0.0328. The fourth-order valence-corrected chi connectivity index (χ4v) is 2.12. The highest BCUT2D eigenvalue weighted by molar-refractivity contribution is 8.00. The molecular weight excluding hydrogens is 275 g/mol. The summed E-state index contributed by atoms with van der Waals surface area (Å²) < 4.78 is 36.4. The number of alkyl halides is 3. The molecule has 0 unspecified atom stereocenters. The van der Waals surface area contributed by atoms with Crippen molar-refractivity contribution in [2.75, 3.05) is 13.2 Å². The van der Waals surface area contributed by atoms with Gasteiger partial charge in [-0.25, -0.2) is 0 Å². The zero-order valence-corrected chi connectivity index (χ0v) is 11.4.